The number of ether oxygens (including phenoxy) is 3. The van der Waals surface area contributed by atoms with E-state index in [1.165, 1.54) is 6.20 Å². The second-order valence-corrected chi connectivity index (χ2v) is 6.12. The van der Waals surface area contributed by atoms with Crippen molar-refractivity contribution in [1.82, 2.24) is 9.97 Å². The Morgan fingerprint density at radius 1 is 1.12 bits per heavy atom. The van der Waals surface area contributed by atoms with Crippen LogP contribution >= 0.6 is 0 Å². The van der Waals surface area contributed by atoms with Gasteiger partial charge in [-0.05, 0) is 25.0 Å². The summed E-state index contributed by atoms with van der Waals surface area (Å²) in [5, 5.41) is 5.96. The molecule has 2 aromatic rings. The maximum atomic E-state index is 12.3. The van der Waals surface area contributed by atoms with E-state index in [0.29, 0.717) is 42.8 Å². The Morgan fingerprint density at radius 2 is 2.00 bits per heavy atom. The minimum Gasteiger partial charge on any atom is -0.486 e. The molecule has 2 aliphatic rings. The van der Waals surface area contributed by atoms with E-state index >= 15 is 0 Å². The number of nitrogens with zero attached hydrogens (tertiary/aromatic N) is 2. The van der Waals surface area contributed by atoms with Crippen LogP contribution in [0.3, 0.4) is 0 Å². The zero-order valence-corrected chi connectivity index (χ0v) is 14.2. The number of rotatable bonds is 5. The Labute approximate surface area is 150 Å². The summed E-state index contributed by atoms with van der Waals surface area (Å²) in [6.45, 7) is 2.53. The van der Waals surface area contributed by atoms with Crippen LogP contribution in [-0.2, 0) is 4.74 Å². The number of hydrogen-bond donors (Lipinski definition) is 2. The van der Waals surface area contributed by atoms with Crippen molar-refractivity contribution in [3.05, 3.63) is 36.3 Å². The number of carbonyl (C=O) groups excluding carboxylic acids is 1. The van der Waals surface area contributed by atoms with Gasteiger partial charge in [0, 0.05) is 24.9 Å². The molecule has 3 heterocycles. The van der Waals surface area contributed by atoms with Gasteiger partial charge in [-0.2, -0.15) is 0 Å². The molecule has 1 saturated heterocycles. The Hall–Kier alpha value is -2.87. The van der Waals surface area contributed by atoms with Crippen molar-refractivity contribution in [2.24, 2.45) is 0 Å². The molecule has 8 heteroatoms. The SMILES string of the molecule is O=C(Nc1ccc2c(c1)OCCO2)c1cnc(NCC2CCCO2)cn1. The average Bonchev–Trinajstić information content (AvgIpc) is 3.20. The van der Waals surface area contributed by atoms with E-state index in [4.69, 9.17) is 14.2 Å². The molecule has 0 saturated carbocycles. The number of aromatic nitrogens is 2. The second kappa shape index (κ2) is 7.57. The number of fused-ring (bicyclic) bond motifs is 1. The van der Waals surface area contributed by atoms with Crippen LogP contribution < -0.4 is 20.1 Å². The van der Waals surface area contributed by atoms with Gasteiger partial charge in [0.25, 0.3) is 5.91 Å². The molecule has 0 spiro atoms. The lowest BCUT2D eigenvalue weighted by Crippen LogP contribution is -2.20. The second-order valence-electron chi connectivity index (χ2n) is 6.12. The molecule has 26 heavy (non-hydrogen) atoms. The van der Waals surface area contributed by atoms with E-state index in [9.17, 15) is 4.79 Å². The van der Waals surface area contributed by atoms with Crippen molar-refractivity contribution in [2.75, 3.05) is 37.0 Å². The normalized spacial score (nSPS) is 18.4. The molecule has 136 valence electrons. The molecule has 0 aliphatic carbocycles. The van der Waals surface area contributed by atoms with E-state index in [1.807, 2.05) is 0 Å². The fourth-order valence-corrected chi connectivity index (χ4v) is 2.88. The molecule has 0 radical (unpaired) electrons. The zero-order valence-electron chi connectivity index (χ0n) is 14.2. The lowest BCUT2D eigenvalue weighted by molar-refractivity contribution is 0.102. The van der Waals surface area contributed by atoms with Gasteiger partial charge in [-0.25, -0.2) is 9.97 Å². The van der Waals surface area contributed by atoms with Crippen LogP contribution in [0.2, 0.25) is 0 Å². The molecule has 2 N–H and O–H groups in total. The fourth-order valence-electron chi connectivity index (χ4n) is 2.88. The third-order valence-electron chi connectivity index (χ3n) is 4.22. The monoisotopic (exact) mass is 356 g/mol. The lowest BCUT2D eigenvalue weighted by Gasteiger charge is -2.18. The Balaban J connectivity index is 1.35. The van der Waals surface area contributed by atoms with Gasteiger partial charge >= 0.3 is 0 Å². The topological polar surface area (TPSA) is 94.6 Å². The molecule has 1 atom stereocenters. The Morgan fingerprint density at radius 3 is 2.77 bits per heavy atom. The maximum Gasteiger partial charge on any atom is 0.275 e. The van der Waals surface area contributed by atoms with Gasteiger partial charge in [-0.1, -0.05) is 0 Å². The largest absolute Gasteiger partial charge is 0.486 e. The number of anilines is 2. The molecule has 1 fully saturated rings. The van der Waals surface area contributed by atoms with E-state index in [-0.39, 0.29) is 17.7 Å². The summed E-state index contributed by atoms with van der Waals surface area (Å²) < 4.78 is 16.5. The number of hydrogen-bond acceptors (Lipinski definition) is 7. The highest BCUT2D eigenvalue weighted by molar-refractivity contribution is 6.02. The van der Waals surface area contributed by atoms with Gasteiger partial charge in [-0.15, -0.1) is 0 Å². The van der Waals surface area contributed by atoms with Crippen LogP contribution in [-0.4, -0.2) is 48.3 Å². The zero-order chi connectivity index (χ0) is 17.8. The molecular formula is C18H20N4O4. The van der Waals surface area contributed by atoms with Crippen molar-refractivity contribution in [1.29, 1.82) is 0 Å². The van der Waals surface area contributed by atoms with Gasteiger partial charge in [-0.3, -0.25) is 4.79 Å². The van der Waals surface area contributed by atoms with Crippen molar-refractivity contribution in [3.8, 4) is 11.5 Å². The molecule has 1 aromatic carbocycles. The summed E-state index contributed by atoms with van der Waals surface area (Å²) in [6, 6.07) is 5.27. The van der Waals surface area contributed by atoms with Crippen LogP contribution in [0.15, 0.2) is 30.6 Å². The van der Waals surface area contributed by atoms with Crippen LogP contribution in [0.4, 0.5) is 11.5 Å². The molecule has 4 rings (SSSR count). The molecule has 2 aliphatic heterocycles. The molecule has 1 amide bonds. The van der Waals surface area contributed by atoms with Crippen molar-refractivity contribution in [3.63, 3.8) is 0 Å². The quantitative estimate of drug-likeness (QED) is 0.847. The van der Waals surface area contributed by atoms with Crippen molar-refractivity contribution >= 4 is 17.4 Å². The van der Waals surface area contributed by atoms with Gasteiger partial charge in [0.1, 0.15) is 24.7 Å². The average molecular weight is 356 g/mol. The van der Waals surface area contributed by atoms with E-state index in [1.54, 1.807) is 24.4 Å². The molecule has 8 nitrogen and oxygen atoms in total. The molecular weight excluding hydrogens is 336 g/mol. The highest BCUT2D eigenvalue weighted by atomic mass is 16.6. The molecule has 1 aromatic heterocycles. The van der Waals surface area contributed by atoms with Crippen LogP contribution in [0.25, 0.3) is 0 Å². The minimum absolute atomic E-state index is 0.218. The third kappa shape index (κ3) is 3.85. The molecule has 0 bridgehead atoms. The lowest BCUT2D eigenvalue weighted by atomic mass is 10.2. The summed E-state index contributed by atoms with van der Waals surface area (Å²) >= 11 is 0. The number of benzene rings is 1. The van der Waals surface area contributed by atoms with Gasteiger partial charge in [0.05, 0.1) is 18.5 Å². The molecule has 1 unspecified atom stereocenters. The number of amides is 1. The summed E-state index contributed by atoms with van der Waals surface area (Å²) in [5.41, 5.74) is 0.851. The standard InChI is InChI=1S/C18H20N4O4/c23-18(22-12-3-4-15-16(8-12)26-7-6-25-15)14-10-21-17(11-19-14)20-9-13-2-1-5-24-13/h3-4,8,10-11,13H,1-2,5-7,9H2,(H,20,21)(H,22,23). The van der Waals surface area contributed by atoms with Gasteiger partial charge in [0.15, 0.2) is 11.5 Å². The minimum atomic E-state index is -0.333. The predicted molar refractivity (Wildman–Crippen MR) is 94.9 cm³/mol. The van der Waals surface area contributed by atoms with Crippen LogP contribution in [0.5, 0.6) is 11.5 Å². The Kier molecular flexibility index (Phi) is 4.83. The first-order chi connectivity index (χ1) is 12.8. The van der Waals surface area contributed by atoms with Gasteiger partial charge < -0.3 is 24.8 Å². The number of nitrogens with one attached hydrogen (secondary N) is 2. The van der Waals surface area contributed by atoms with Crippen LogP contribution in [0.1, 0.15) is 23.3 Å². The first kappa shape index (κ1) is 16.6. The van der Waals surface area contributed by atoms with E-state index in [2.05, 4.69) is 20.6 Å². The summed E-state index contributed by atoms with van der Waals surface area (Å²) in [7, 11) is 0. The summed E-state index contributed by atoms with van der Waals surface area (Å²) in [6.07, 6.45) is 5.36. The van der Waals surface area contributed by atoms with E-state index < -0.39 is 0 Å². The first-order valence-electron chi connectivity index (χ1n) is 8.66. The maximum absolute atomic E-state index is 12.3. The van der Waals surface area contributed by atoms with Gasteiger partial charge in [0.2, 0.25) is 0 Å². The fraction of sp³-hybridized carbons (Fsp3) is 0.389. The van der Waals surface area contributed by atoms with Crippen molar-refractivity contribution in [2.45, 2.75) is 18.9 Å². The van der Waals surface area contributed by atoms with E-state index in [0.717, 1.165) is 19.4 Å². The number of carbonyl (C=O) groups is 1. The highest BCUT2D eigenvalue weighted by Crippen LogP contribution is 2.32. The smallest absolute Gasteiger partial charge is 0.275 e. The predicted octanol–water partition coefficient (Wildman–Crippen LogP) is 2.09. The Bertz CT molecular complexity index is 775. The van der Waals surface area contributed by atoms with Crippen LogP contribution in [0, 0.1) is 0 Å². The summed E-state index contributed by atoms with van der Waals surface area (Å²) in [5.74, 6) is 1.58. The highest BCUT2D eigenvalue weighted by Gasteiger charge is 2.16. The van der Waals surface area contributed by atoms with Crippen molar-refractivity contribution < 1.29 is 19.0 Å². The first-order valence-corrected chi connectivity index (χ1v) is 8.66. The summed E-state index contributed by atoms with van der Waals surface area (Å²) in [4.78, 5) is 20.7. The third-order valence-corrected chi connectivity index (χ3v) is 4.22.